The number of carbonyl (C=O) groups is 1. The molecule has 0 radical (unpaired) electrons. The minimum Gasteiger partial charge on any atom is -0.354 e. The van der Waals surface area contributed by atoms with E-state index in [4.69, 9.17) is 0 Å². The van der Waals surface area contributed by atoms with E-state index in [1.54, 1.807) is 7.05 Å². The summed E-state index contributed by atoms with van der Waals surface area (Å²) >= 11 is 0. The summed E-state index contributed by atoms with van der Waals surface area (Å²) in [5, 5.41) is 9.41. The van der Waals surface area contributed by atoms with Gasteiger partial charge in [-0.15, -0.1) is 0 Å². The third kappa shape index (κ3) is 6.82. The van der Waals surface area contributed by atoms with Crippen LogP contribution in [0, 0.1) is 11.8 Å². The molecule has 1 aliphatic carbocycles. The van der Waals surface area contributed by atoms with Gasteiger partial charge in [-0.3, -0.25) is 9.79 Å². The molecule has 1 saturated carbocycles. The minimum atomic E-state index is -0.00310. The van der Waals surface area contributed by atoms with E-state index in [1.807, 2.05) is 13.8 Å². The second-order valence-corrected chi connectivity index (χ2v) is 6.66. The van der Waals surface area contributed by atoms with Gasteiger partial charge >= 0.3 is 0 Å². The highest BCUT2D eigenvalue weighted by atomic mass is 16.1. The fourth-order valence-electron chi connectivity index (χ4n) is 2.89. The summed E-state index contributed by atoms with van der Waals surface area (Å²) in [5.74, 6) is 2.25. The van der Waals surface area contributed by atoms with Crippen LogP contribution in [0.3, 0.4) is 0 Å². The summed E-state index contributed by atoms with van der Waals surface area (Å²) in [6, 6.07) is 0.630. The fraction of sp³-hybridized carbons (Fsp3) is 0.875. The van der Waals surface area contributed by atoms with Crippen LogP contribution >= 0.6 is 0 Å². The van der Waals surface area contributed by atoms with Crippen molar-refractivity contribution < 1.29 is 4.79 Å². The molecule has 3 N–H and O–H groups in total. The molecule has 1 fully saturated rings. The van der Waals surface area contributed by atoms with Crippen molar-refractivity contribution in [3.05, 3.63) is 0 Å². The largest absolute Gasteiger partial charge is 0.354 e. The summed E-state index contributed by atoms with van der Waals surface area (Å²) in [4.78, 5) is 15.9. The van der Waals surface area contributed by atoms with E-state index in [0.717, 1.165) is 17.8 Å². The van der Waals surface area contributed by atoms with E-state index in [-0.39, 0.29) is 18.5 Å². The Morgan fingerprint density at radius 3 is 2.52 bits per heavy atom. The molecule has 0 aromatic rings. The van der Waals surface area contributed by atoms with E-state index in [9.17, 15) is 4.79 Å². The third-order valence-corrected chi connectivity index (χ3v) is 4.09. The molecule has 0 heterocycles. The lowest BCUT2D eigenvalue weighted by Gasteiger charge is -2.32. The van der Waals surface area contributed by atoms with Crippen molar-refractivity contribution in [1.82, 2.24) is 16.0 Å². The van der Waals surface area contributed by atoms with Gasteiger partial charge in [-0.05, 0) is 38.5 Å². The molecular weight excluding hydrogens is 264 g/mol. The molecule has 2 unspecified atom stereocenters. The van der Waals surface area contributed by atoms with E-state index >= 15 is 0 Å². The number of carbonyl (C=O) groups excluding carboxylic acids is 1. The lowest BCUT2D eigenvalue weighted by molar-refractivity contribution is -0.120. The first-order valence-electron chi connectivity index (χ1n) is 8.19. The fourth-order valence-corrected chi connectivity index (χ4v) is 2.89. The van der Waals surface area contributed by atoms with Gasteiger partial charge in [0.2, 0.25) is 5.91 Å². The van der Waals surface area contributed by atoms with Gasteiger partial charge in [0, 0.05) is 19.1 Å². The van der Waals surface area contributed by atoms with Crippen molar-refractivity contribution >= 4 is 11.9 Å². The maximum Gasteiger partial charge on any atom is 0.239 e. The summed E-state index contributed by atoms with van der Waals surface area (Å²) < 4.78 is 0. The van der Waals surface area contributed by atoms with Crippen LogP contribution in [0.5, 0.6) is 0 Å². The van der Waals surface area contributed by atoms with Gasteiger partial charge in [0.05, 0.1) is 6.54 Å². The summed E-state index contributed by atoms with van der Waals surface area (Å²) in [5.41, 5.74) is 0. The normalized spacial score (nSPS) is 23.3. The summed E-state index contributed by atoms with van der Waals surface area (Å²) in [6.45, 7) is 8.78. The van der Waals surface area contributed by atoms with Crippen LogP contribution in [-0.4, -0.2) is 37.5 Å². The van der Waals surface area contributed by atoms with Crippen molar-refractivity contribution in [3.63, 3.8) is 0 Å². The second kappa shape index (κ2) is 8.90. The maximum absolute atomic E-state index is 11.7. The molecule has 0 bridgehead atoms. The monoisotopic (exact) mass is 296 g/mol. The van der Waals surface area contributed by atoms with E-state index in [1.165, 1.54) is 25.7 Å². The molecule has 5 nitrogen and oxygen atoms in total. The standard InChI is InChI=1S/C16H32N4O/c1-11(2)13-7-6-8-14(9-13)20-16(17-5)18-10-15(21)19-12(3)4/h11-14H,6-10H2,1-5H3,(H,19,21)(H2,17,18,20). The van der Waals surface area contributed by atoms with E-state index in [2.05, 4.69) is 34.8 Å². The highest BCUT2D eigenvalue weighted by Crippen LogP contribution is 2.29. The van der Waals surface area contributed by atoms with Gasteiger partial charge < -0.3 is 16.0 Å². The zero-order valence-corrected chi connectivity index (χ0v) is 14.2. The summed E-state index contributed by atoms with van der Waals surface area (Å²) in [7, 11) is 1.75. The molecule has 1 amide bonds. The molecule has 1 aliphatic rings. The first-order valence-corrected chi connectivity index (χ1v) is 8.19. The quantitative estimate of drug-likeness (QED) is 0.536. The van der Waals surface area contributed by atoms with Crippen molar-refractivity contribution in [2.45, 2.75) is 65.5 Å². The Morgan fingerprint density at radius 2 is 1.95 bits per heavy atom. The van der Waals surface area contributed by atoms with Crippen molar-refractivity contribution in [2.24, 2.45) is 16.8 Å². The minimum absolute atomic E-state index is 0.00310. The molecule has 0 spiro atoms. The highest BCUT2D eigenvalue weighted by Gasteiger charge is 2.24. The van der Waals surface area contributed by atoms with Crippen LogP contribution in [-0.2, 0) is 4.79 Å². The Balaban J connectivity index is 2.38. The van der Waals surface area contributed by atoms with Gasteiger partial charge in [0.1, 0.15) is 0 Å². The lowest BCUT2D eigenvalue weighted by atomic mass is 9.79. The van der Waals surface area contributed by atoms with Crippen LogP contribution in [0.2, 0.25) is 0 Å². The molecule has 2 atom stereocenters. The summed E-state index contributed by atoms with van der Waals surface area (Å²) in [6.07, 6.45) is 4.97. The van der Waals surface area contributed by atoms with Gasteiger partial charge in [-0.1, -0.05) is 26.7 Å². The number of rotatable bonds is 5. The lowest BCUT2D eigenvalue weighted by Crippen LogP contribution is -2.48. The van der Waals surface area contributed by atoms with Crippen LogP contribution < -0.4 is 16.0 Å². The third-order valence-electron chi connectivity index (χ3n) is 4.09. The second-order valence-electron chi connectivity index (χ2n) is 6.66. The molecule has 0 saturated heterocycles. The van der Waals surface area contributed by atoms with Gasteiger partial charge in [-0.25, -0.2) is 0 Å². The Hall–Kier alpha value is -1.26. The maximum atomic E-state index is 11.7. The first kappa shape index (κ1) is 17.8. The SMILES string of the molecule is CN=C(NCC(=O)NC(C)C)NC1CCCC(C(C)C)C1. The van der Waals surface area contributed by atoms with E-state index in [0.29, 0.717) is 6.04 Å². The molecule has 0 aliphatic heterocycles. The highest BCUT2D eigenvalue weighted by molar-refractivity contribution is 5.86. The van der Waals surface area contributed by atoms with Crippen LogP contribution in [0.4, 0.5) is 0 Å². The zero-order valence-electron chi connectivity index (χ0n) is 14.2. The number of amides is 1. The Labute approximate surface area is 129 Å². The van der Waals surface area contributed by atoms with Gasteiger partial charge in [0.15, 0.2) is 5.96 Å². The van der Waals surface area contributed by atoms with E-state index < -0.39 is 0 Å². The molecule has 0 aromatic heterocycles. The number of aliphatic imine (C=N–C) groups is 1. The van der Waals surface area contributed by atoms with Crippen molar-refractivity contribution in [2.75, 3.05) is 13.6 Å². The molecule has 1 rings (SSSR count). The number of nitrogens with zero attached hydrogens (tertiary/aromatic N) is 1. The number of guanidine groups is 1. The Morgan fingerprint density at radius 1 is 1.24 bits per heavy atom. The predicted molar refractivity (Wildman–Crippen MR) is 88.4 cm³/mol. The van der Waals surface area contributed by atoms with Crippen LogP contribution in [0.25, 0.3) is 0 Å². The number of hydrogen-bond acceptors (Lipinski definition) is 2. The number of nitrogens with one attached hydrogen (secondary N) is 3. The van der Waals surface area contributed by atoms with Crippen LogP contribution in [0.15, 0.2) is 4.99 Å². The smallest absolute Gasteiger partial charge is 0.239 e. The molecule has 21 heavy (non-hydrogen) atoms. The topological polar surface area (TPSA) is 65.5 Å². The van der Waals surface area contributed by atoms with Crippen molar-refractivity contribution in [1.29, 1.82) is 0 Å². The molecule has 5 heteroatoms. The molecule has 0 aromatic carbocycles. The zero-order chi connectivity index (χ0) is 15.8. The number of hydrogen-bond donors (Lipinski definition) is 3. The van der Waals surface area contributed by atoms with Gasteiger partial charge in [0.25, 0.3) is 0 Å². The molecular formula is C16H32N4O. The predicted octanol–water partition coefficient (Wildman–Crippen LogP) is 1.89. The Kier molecular flexibility index (Phi) is 7.54. The first-order chi connectivity index (χ1) is 9.92. The Bertz CT molecular complexity index is 352. The van der Waals surface area contributed by atoms with Gasteiger partial charge in [-0.2, -0.15) is 0 Å². The average Bonchev–Trinajstić information content (AvgIpc) is 2.42. The van der Waals surface area contributed by atoms with Crippen molar-refractivity contribution in [3.8, 4) is 0 Å². The molecule has 122 valence electrons. The van der Waals surface area contributed by atoms with Crippen LogP contribution in [0.1, 0.15) is 53.4 Å². The average molecular weight is 296 g/mol.